The number of hydrogen-bond acceptors (Lipinski definition) is 2. The quantitative estimate of drug-likeness (QED) is 0.442. The summed E-state index contributed by atoms with van der Waals surface area (Å²) in [6.07, 6.45) is 6.88. The maximum atomic E-state index is 4.87. The third kappa shape index (κ3) is 9.40. The van der Waals surface area contributed by atoms with Crippen molar-refractivity contribution < 1.29 is 4.74 Å². The van der Waals surface area contributed by atoms with Gasteiger partial charge in [0.2, 0.25) is 0 Å². The van der Waals surface area contributed by atoms with Crippen LogP contribution in [0.15, 0.2) is 24.8 Å². The van der Waals surface area contributed by atoms with Crippen LogP contribution in [0.25, 0.3) is 0 Å². The molecule has 0 aromatic heterocycles. The van der Waals surface area contributed by atoms with Gasteiger partial charge < -0.3 is 10.1 Å². The molecule has 0 heterocycles. The molecule has 0 rings (SSSR count). The van der Waals surface area contributed by atoms with Crippen LogP contribution in [0.5, 0.6) is 0 Å². The molecule has 0 amide bonds. The van der Waals surface area contributed by atoms with Crippen LogP contribution in [0, 0.1) is 0 Å². The number of rotatable bonds is 7. The van der Waals surface area contributed by atoms with Gasteiger partial charge in [0.05, 0.1) is 6.61 Å². The highest BCUT2D eigenvalue weighted by atomic mass is 16.5. The molecule has 1 N–H and O–H groups in total. The second-order valence-corrected chi connectivity index (χ2v) is 2.20. The Morgan fingerprint density at radius 3 is 2.91 bits per heavy atom. The molecule has 0 aromatic rings. The van der Waals surface area contributed by atoms with Crippen molar-refractivity contribution in [2.45, 2.75) is 6.42 Å². The van der Waals surface area contributed by atoms with E-state index in [1.54, 1.807) is 13.2 Å². The fraction of sp³-hybridized carbons (Fsp3) is 0.556. The van der Waals surface area contributed by atoms with Crippen molar-refractivity contribution in [3.8, 4) is 0 Å². The molecule has 0 saturated heterocycles. The van der Waals surface area contributed by atoms with E-state index in [2.05, 4.69) is 18.0 Å². The summed E-state index contributed by atoms with van der Waals surface area (Å²) in [5.41, 5.74) is 0. The summed E-state index contributed by atoms with van der Waals surface area (Å²) >= 11 is 0. The smallest absolute Gasteiger partial charge is 0.0587 e. The topological polar surface area (TPSA) is 21.3 Å². The minimum absolute atomic E-state index is 0.783. The van der Waals surface area contributed by atoms with Gasteiger partial charge in [0.25, 0.3) is 0 Å². The van der Waals surface area contributed by atoms with Crippen LogP contribution in [-0.2, 0) is 4.74 Å². The van der Waals surface area contributed by atoms with Crippen LogP contribution in [0.1, 0.15) is 6.42 Å². The monoisotopic (exact) mass is 155 g/mol. The standard InChI is InChI=1S/C9H17NO/c1-3-4-5-6-7-10-8-9-11-2/h3-5,10H,1,6-9H2,2H3. The van der Waals surface area contributed by atoms with Gasteiger partial charge in [0.1, 0.15) is 0 Å². The molecule has 2 heteroatoms. The first-order valence-electron chi connectivity index (χ1n) is 3.89. The molecule has 0 fully saturated rings. The number of allylic oxidation sites excluding steroid dienone is 2. The van der Waals surface area contributed by atoms with Crippen LogP contribution in [0.3, 0.4) is 0 Å². The average molecular weight is 155 g/mol. The van der Waals surface area contributed by atoms with Crippen LogP contribution >= 0.6 is 0 Å². The Morgan fingerprint density at radius 1 is 1.45 bits per heavy atom. The van der Waals surface area contributed by atoms with E-state index < -0.39 is 0 Å². The van der Waals surface area contributed by atoms with E-state index in [-0.39, 0.29) is 0 Å². The van der Waals surface area contributed by atoms with E-state index in [1.165, 1.54) is 0 Å². The molecule has 2 nitrogen and oxygen atoms in total. The third-order valence-electron chi connectivity index (χ3n) is 1.24. The van der Waals surface area contributed by atoms with Gasteiger partial charge in [-0.25, -0.2) is 0 Å². The van der Waals surface area contributed by atoms with Crippen molar-refractivity contribution in [1.29, 1.82) is 0 Å². The van der Waals surface area contributed by atoms with E-state index in [1.807, 2.05) is 6.08 Å². The second-order valence-electron chi connectivity index (χ2n) is 2.20. The summed E-state index contributed by atoms with van der Waals surface area (Å²) in [4.78, 5) is 0. The molecule has 0 unspecified atom stereocenters. The first kappa shape index (κ1) is 10.4. The lowest BCUT2D eigenvalue weighted by Gasteiger charge is -1.99. The van der Waals surface area contributed by atoms with Crippen LogP contribution in [-0.4, -0.2) is 26.8 Å². The fourth-order valence-corrected chi connectivity index (χ4v) is 0.677. The van der Waals surface area contributed by atoms with Crippen molar-refractivity contribution in [3.05, 3.63) is 24.8 Å². The van der Waals surface area contributed by atoms with Gasteiger partial charge in [0, 0.05) is 13.7 Å². The molecular formula is C9H17NO. The molecular weight excluding hydrogens is 138 g/mol. The van der Waals surface area contributed by atoms with E-state index in [0.717, 1.165) is 26.1 Å². The normalized spacial score (nSPS) is 10.6. The molecule has 0 radical (unpaired) electrons. The molecule has 0 aromatic carbocycles. The average Bonchev–Trinajstić information content (AvgIpc) is 2.03. The maximum Gasteiger partial charge on any atom is 0.0587 e. The highest BCUT2D eigenvalue weighted by Gasteiger charge is 1.82. The number of methoxy groups -OCH3 is 1. The molecule has 0 atom stereocenters. The van der Waals surface area contributed by atoms with Crippen molar-refractivity contribution >= 4 is 0 Å². The summed E-state index contributed by atoms with van der Waals surface area (Å²) in [6.45, 7) is 6.30. The van der Waals surface area contributed by atoms with E-state index in [4.69, 9.17) is 4.74 Å². The summed E-state index contributed by atoms with van der Waals surface area (Å²) in [5, 5.41) is 3.23. The lowest BCUT2D eigenvalue weighted by Crippen LogP contribution is -2.19. The van der Waals surface area contributed by atoms with Gasteiger partial charge in [-0.2, -0.15) is 0 Å². The minimum atomic E-state index is 0.783. The minimum Gasteiger partial charge on any atom is -0.383 e. The van der Waals surface area contributed by atoms with Crippen molar-refractivity contribution in [1.82, 2.24) is 5.32 Å². The maximum absolute atomic E-state index is 4.87. The van der Waals surface area contributed by atoms with Gasteiger partial charge in [-0.15, -0.1) is 0 Å². The summed E-state index contributed by atoms with van der Waals surface area (Å²) in [5.74, 6) is 0. The van der Waals surface area contributed by atoms with E-state index in [0.29, 0.717) is 0 Å². The zero-order chi connectivity index (χ0) is 8.36. The van der Waals surface area contributed by atoms with Gasteiger partial charge in [-0.1, -0.05) is 24.8 Å². The molecule has 0 spiro atoms. The van der Waals surface area contributed by atoms with Crippen molar-refractivity contribution in [2.24, 2.45) is 0 Å². The first-order valence-corrected chi connectivity index (χ1v) is 3.89. The van der Waals surface area contributed by atoms with Gasteiger partial charge in [-0.3, -0.25) is 0 Å². The summed E-state index contributed by atoms with van der Waals surface area (Å²) in [7, 11) is 1.71. The lowest BCUT2D eigenvalue weighted by atomic mass is 10.3. The molecule has 0 aliphatic rings. The zero-order valence-corrected chi connectivity index (χ0v) is 7.18. The first-order chi connectivity index (χ1) is 5.41. The van der Waals surface area contributed by atoms with Gasteiger partial charge in [0.15, 0.2) is 0 Å². The SMILES string of the molecule is C=CC=CCCNCCOC. The second kappa shape index (κ2) is 9.40. The van der Waals surface area contributed by atoms with Gasteiger partial charge >= 0.3 is 0 Å². The summed E-state index contributed by atoms with van der Waals surface area (Å²) in [6, 6.07) is 0. The lowest BCUT2D eigenvalue weighted by molar-refractivity contribution is 0.199. The molecule has 0 aliphatic carbocycles. The third-order valence-corrected chi connectivity index (χ3v) is 1.24. The number of ether oxygens (including phenoxy) is 1. The van der Waals surface area contributed by atoms with Crippen LogP contribution < -0.4 is 5.32 Å². The van der Waals surface area contributed by atoms with Gasteiger partial charge in [-0.05, 0) is 13.0 Å². The summed E-state index contributed by atoms with van der Waals surface area (Å²) < 4.78 is 4.87. The molecule has 11 heavy (non-hydrogen) atoms. The Hall–Kier alpha value is -0.600. The molecule has 0 saturated carbocycles. The van der Waals surface area contributed by atoms with E-state index >= 15 is 0 Å². The number of nitrogens with one attached hydrogen (secondary N) is 1. The largest absolute Gasteiger partial charge is 0.383 e. The van der Waals surface area contributed by atoms with Crippen LogP contribution in [0.4, 0.5) is 0 Å². The molecule has 0 bridgehead atoms. The fourth-order valence-electron chi connectivity index (χ4n) is 0.677. The number of hydrogen-bond donors (Lipinski definition) is 1. The predicted octanol–water partition coefficient (Wildman–Crippen LogP) is 1.35. The molecule has 64 valence electrons. The Balaban J connectivity index is 2.90. The van der Waals surface area contributed by atoms with Crippen molar-refractivity contribution in [3.63, 3.8) is 0 Å². The van der Waals surface area contributed by atoms with E-state index in [9.17, 15) is 0 Å². The highest BCUT2D eigenvalue weighted by Crippen LogP contribution is 1.80. The Labute approximate surface area is 68.9 Å². The predicted molar refractivity (Wildman–Crippen MR) is 48.7 cm³/mol. The Morgan fingerprint density at radius 2 is 2.27 bits per heavy atom. The van der Waals surface area contributed by atoms with Crippen molar-refractivity contribution in [2.75, 3.05) is 26.8 Å². The zero-order valence-electron chi connectivity index (χ0n) is 7.18. The highest BCUT2D eigenvalue weighted by molar-refractivity contribution is 4.97. The van der Waals surface area contributed by atoms with Crippen LogP contribution in [0.2, 0.25) is 0 Å². The molecule has 0 aliphatic heterocycles. The Bertz CT molecular complexity index is 110. The Kier molecular flexibility index (Phi) is 8.89.